The normalized spacial score (nSPS) is 15.1. The van der Waals surface area contributed by atoms with E-state index in [9.17, 15) is 9.59 Å². The van der Waals surface area contributed by atoms with Gasteiger partial charge in [-0.2, -0.15) is 0 Å². The molecule has 1 aromatic carbocycles. The summed E-state index contributed by atoms with van der Waals surface area (Å²) in [5.74, 6) is -0.528. The smallest absolute Gasteiger partial charge is 0.331 e. The van der Waals surface area contributed by atoms with Crippen LogP contribution in [0.5, 0.6) is 0 Å². The molecule has 0 bridgehead atoms. The molecule has 1 aliphatic rings. The number of rotatable bonds is 20. The molecule has 262 valence electrons. The van der Waals surface area contributed by atoms with Crippen molar-refractivity contribution in [2.75, 3.05) is 13.2 Å². The van der Waals surface area contributed by atoms with Gasteiger partial charge in [-0.3, -0.25) is 0 Å². The second-order valence-electron chi connectivity index (χ2n) is 16.9. The van der Waals surface area contributed by atoms with Gasteiger partial charge in [0.05, 0.1) is 32.3 Å². The number of ether oxygens (including phenoxy) is 4. The van der Waals surface area contributed by atoms with E-state index in [1.54, 1.807) is 0 Å². The zero-order valence-corrected chi connectivity index (χ0v) is 31.6. The van der Waals surface area contributed by atoms with Crippen LogP contribution in [0.1, 0.15) is 125 Å². The van der Waals surface area contributed by atoms with E-state index in [1.165, 1.54) is 23.3 Å². The topological polar surface area (TPSA) is 71.1 Å². The molecule has 0 aliphatic heterocycles. The predicted octanol–water partition coefficient (Wildman–Crippen LogP) is 9.03. The molecule has 0 N–H and O–H groups in total. The number of hydrogen-bond donors (Lipinski definition) is 0. The van der Waals surface area contributed by atoms with Gasteiger partial charge in [0.1, 0.15) is 11.2 Å². The predicted molar refractivity (Wildman–Crippen MR) is 194 cm³/mol. The van der Waals surface area contributed by atoms with Gasteiger partial charge >= 0.3 is 11.9 Å². The van der Waals surface area contributed by atoms with Crippen LogP contribution in [-0.2, 0) is 41.4 Å². The minimum Gasteiger partial charge on any atom is -0.456 e. The quantitative estimate of drug-likeness (QED) is 0.0797. The van der Waals surface area contributed by atoms with E-state index in [1.807, 2.05) is 39.8 Å². The molecule has 1 aromatic rings. The Kier molecular flexibility index (Phi) is 13.8. The fourth-order valence-corrected chi connectivity index (χ4v) is 5.87. The molecule has 0 saturated carbocycles. The first-order valence-corrected chi connectivity index (χ1v) is 17.3. The summed E-state index contributed by atoms with van der Waals surface area (Å²) in [6.45, 7) is 29.5. The number of carbonyl (C=O) groups excluding carboxylic acids is 2. The van der Waals surface area contributed by atoms with Crippen LogP contribution >= 0.6 is 0 Å². The fourth-order valence-electron chi connectivity index (χ4n) is 5.87. The Hall–Kier alpha value is -2.38. The van der Waals surface area contributed by atoms with E-state index in [0.717, 1.165) is 31.2 Å². The zero-order valence-electron chi connectivity index (χ0n) is 31.6. The number of fused-ring (bicyclic) bond motifs is 1. The van der Waals surface area contributed by atoms with Crippen molar-refractivity contribution in [3.63, 3.8) is 0 Å². The molecule has 1 unspecified atom stereocenters. The van der Waals surface area contributed by atoms with E-state index in [-0.39, 0.29) is 22.7 Å². The van der Waals surface area contributed by atoms with Gasteiger partial charge in [0.2, 0.25) is 0 Å². The molecule has 0 heterocycles. The van der Waals surface area contributed by atoms with Gasteiger partial charge in [0, 0.05) is 25.0 Å². The third kappa shape index (κ3) is 12.2. The molecule has 0 saturated heterocycles. The second kappa shape index (κ2) is 15.9. The molecule has 7 heteroatoms. The Bertz CT molecular complexity index is 1250. The number of benzene rings is 1. The molecule has 2 radical (unpaired) electrons. The highest BCUT2D eigenvalue weighted by Gasteiger charge is 2.44. The summed E-state index contributed by atoms with van der Waals surface area (Å²) in [5.41, 5.74) is 1.24. The minimum atomic E-state index is -0.667. The maximum absolute atomic E-state index is 12.6. The van der Waals surface area contributed by atoms with Crippen molar-refractivity contribution in [2.45, 2.75) is 150 Å². The lowest BCUT2D eigenvalue weighted by molar-refractivity contribution is -0.156. The SMILES string of the molecule is [B]CC(CC(C)(C)C(C)(C)OCCC(C)(C)OC(=O)C=C)CC(C)(C)C(C)(C)OCCC(C)(C)OC(=O)/C=C/c1ccc2c(c1)CC2. The van der Waals surface area contributed by atoms with Gasteiger partial charge < -0.3 is 18.9 Å². The van der Waals surface area contributed by atoms with Crippen LogP contribution < -0.4 is 0 Å². The number of hydrogen-bond acceptors (Lipinski definition) is 6. The molecular formula is C40H63BO6. The minimum absolute atomic E-state index is 0.177. The first-order chi connectivity index (χ1) is 21.4. The fraction of sp³-hybridized carbons (Fsp3) is 0.700. The van der Waals surface area contributed by atoms with Crippen molar-refractivity contribution >= 4 is 25.9 Å². The highest BCUT2D eigenvalue weighted by Crippen LogP contribution is 2.46. The van der Waals surface area contributed by atoms with Gasteiger partial charge in [-0.1, -0.05) is 58.8 Å². The summed E-state index contributed by atoms with van der Waals surface area (Å²) < 4.78 is 24.2. The van der Waals surface area contributed by atoms with Crippen molar-refractivity contribution in [3.05, 3.63) is 53.6 Å². The van der Waals surface area contributed by atoms with E-state index in [4.69, 9.17) is 26.8 Å². The lowest BCUT2D eigenvalue weighted by Crippen LogP contribution is -2.46. The summed E-state index contributed by atoms with van der Waals surface area (Å²) in [6, 6.07) is 6.33. The monoisotopic (exact) mass is 650 g/mol. The first-order valence-electron chi connectivity index (χ1n) is 17.3. The lowest BCUT2D eigenvalue weighted by atomic mass is 9.63. The van der Waals surface area contributed by atoms with Crippen LogP contribution in [0.3, 0.4) is 0 Å². The summed E-state index contributed by atoms with van der Waals surface area (Å²) in [4.78, 5) is 24.3. The van der Waals surface area contributed by atoms with Gasteiger partial charge in [-0.25, -0.2) is 9.59 Å². The van der Waals surface area contributed by atoms with E-state index in [0.29, 0.717) is 32.4 Å². The van der Waals surface area contributed by atoms with Crippen LogP contribution in [0.25, 0.3) is 6.08 Å². The highest BCUT2D eigenvalue weighted by atomic mass is 16.6. The van der Waals surface area contributed by atoms with Gasteiger partial charge in [-0.05, 0) is 121 Å². The molecule has 1 aliphatic carbocycles. The second-order valence-corrected chi connectivity index (χ2v) is 16.9. The van der Waals surface area contributed by atoms with E-state index < -0.39 is 28.4 Å². The highest BCUT2D eigenvalue weighted by molar-refractivity contribution is 6.08. The number of carbonyl (C=O) groups is 2. The van der Waals surface area contributed by atoms with Crippen molar-refractivity contribution in [1.29, 1.82) is 0 Å². The summed E-state index contributed by atoms with van der Waals surface area (Å²) in [5, 5.41) is 0. The van der Waals surface area contributed by atoms with Crippen molar-refractivity contribution < 1.29 is 28.5 Å². The Morgan fingerprint density at radius 3 is 1.64 bits per heavy atom. The molecule has 0 spiro atoms. The third-order valence-electron chi connectivity index (χ3n) is 10.8. The van der Waals surface area contributed by atoms with Crippen LogP contribution in [0.15, 0.2) is 36.9 Å². The average molecular weight is 651 g/mol. The molecule has 2 rings (SSSR count). The molecule has 0 amide bonds. The van der Waals surface area contributed by atoms with Crippen LogP contribution in [0.2, 0.25) is 6.32 Å². The third-order valence-corrected chi connectivity index (χ3v) is 10.8. The Morgan fingerprint density at radius 2 is 1.23 bits per heavy atom. The average Bonchev–Trinajstić information content (AvgIpc) is 2.91. The summed E-state index contributed by atoms with van der Waals surface area (Å²) in [6.07, 6.45) is 10.3. The molecular weight excluding hydrogens is 587 g/mol. The maximum atomic E-state index is 12.6. The van der Waals surface area contributed by atoms with Crippen LogP contribution in [0.4, 0.5) is 0 Å². The molecule has 0 fully saturated rings. The van der Waals surface area contributed by atoms with Crippen molar-refractivity contribution in [2.24, 2.45) is 16.7 Å². The maximum Gasteiger partial charge on any atom is 0.331 e. The molecule has 6 nitrogen and oxygen atoms in total. The lowest BCUT2D eigenvalue weighted by Gasteiger charge is -2.47. The first kappa shape index (κ1) is 40.8. The van der Waals surface area contributed by atoms with Gasteiger partial charge in [0.15, 0.2) is 0 Å². The van der Waals surface area contributed by atoms with E-state index >= 15 is 0 Å². The van der Waals surface area contributed by atoms with Crippen LogP contribution in [0, 0.1) is 16.7 Å². The van der Waals surface area contributed by atoms with Crippen molar-refractivity contribution in [1.82, 2.24) is 0 Å². The Labute approximate surface area is 287 Å². The largest absolute Gasteiger partial charge is 0.456 e. The summed E-state index contributed by atoms with van der Waals surface area (Å²) in [7, 11) is 6.38. The zero-order chi connectivity index (χ0) is 35.9. The Morgan fingerprint density at radius 1 is 0.766 bits per heavy atom. The molecule has 47 heavy (non-hydrogen) atoms. The van der Waals surface area contributed by atoms with Gasteiger partial charge in [0.25, 0.3) is 0 Å². The molecule has 1 atom stereocenters. The van der Waals surface area contributed by atoms with Gasteiger partial charge in [-0.15, -0.1) is 0 Å². The summed E-state index contributed by atoms with van der Waals surface area (Å²) >= 11 is 0. The van der Waals surface area contributed by atoms with E-state index in [2.05, 4.69) is 74.1 Å². The Balaban J connectivity index is 1.90. The number of aryl methyl sites for hydroxylation is 2. The standard InChI is InChI=1S/C40H63BO6/c1-14-33(42)46-37(6,7)21-23-44-39(10,11)35(2,3)26-30(28-41)27-36(4,5)40(12,13)45-24-22-38(8,9)47-34(43)20-16-29-15-17-31-18-19-32(31)25-29/h14-17,20,25,30H,1,18-19,21-24,26-28H2,2-13H3/b20-16+. The van der Waals surface area contributed by atoms with Crippen LogP contribution in [-0.4, -0.2) is 55.4 Å². The number of esters is 2. The van der Waals surface area contributed by atoms with Crippen molar-refractivity contribution in [3.8, 4) is 0 Å². The molecule has 0 aromatic heterocycles.